The lowest BCUT2D eigenvalue weighted by Gasteiger charge is -2.20. The maximum Gasteiger partial charge on any atom is 0.0656 e. The molecule has 1 rings (SSSR count). The van der Waals surface area contributed by atoms with Gasteiger partial charge in [-0.05, 0) is 6.92 Å². The monoisotopic (exact) mass is 127 g/mol. The summed E-state index contributed by atoms with van der Waals surface area (Å²) in [7, 11) is 0. The van der Waals surface area contributed by atoms with Crippen LogP contribution in [0.3, 0.4) is 0 Å². The van der Waals surface area contributed by atoms with Crippen molar-refractivity contribution < 1.29 is 4.74 Å². The van der Waals surface area contributed by atoms with E-state index in [0.29, 0.717) is 6.04 Å². The van der Waals surface area contributed by atoms with Gasteiger partial charge in [0.2, 0.25) is 0 Å². The van der Waals surface area contributed by atoms with Gasteiger partial charge < -0.3 is 10.1 Å². The molecule has 52 valence electrons. The van der Waals surface area contributed by atoms with Crippen LogP contribution in [0.5, 0.6) is 0 Å². The van der Waals surface area contributed by atoms with E-state index >= 15 is 0 Å². The van der Waals surface area contributed by atoms with E-state index in [2.05, 4.69) is 11.4 Å². The molecule has 0 bridgehead atoms. The quantitative estimate of drug-likeness (QED) is 0.519. The molecule has 0 unspecified atom stereocenters. The summed E-state index contributed by atoms with van der Waals surface area (Å²) in [5, 5.41) is 3.31. The fourth-order valence-electron chi connectivity index (χ4n) is 0.942. The number of ether oxygens (including phenoxy) is 1. The van der Waals surface area contributed by atoms with Crippen LogP contribution in [-0.4, -0.2) is 25.8 Å². The molecule has 0 radical (unpaired) electrons. The molecule has 0 saturated carbocycles. The number of rotatable bonds is 1. The first-order chi connectivity index (χ1) is 4.43. The van der Waals surface area contributed by atoms with Crippen LogP contribution in [-0.2, 0) is 4.74 Å². The lowest BCUT2D eigenvalue weighted by Crippen LogP contribution is -2.39. The van der Waals surface area contributed by atoms with E-state index in [4.69, 9.17) is 4.74 Å². The van der Waals surface area contributed by atoms with Gasteiger partial charge in [0.15, 0.2) is 0 Å². The zero-order valence-corrected chi connectivity index (χ0v) is 5.76. The minimum Gasteiger partial charge on any atom is -0.378 e. The van der Waals surface area contributed by atoms with Crippen molar-refractivity contribution in [2.45, 2.75) is 13.0 Å². The molecule has 1 N–H and O–H groups in total. The van der Waals surface area contributed by atoms with E-state index < -0.39 is 0 Å². The SMILES string of the molecule is C/C=C/[C@H]1COCCN1. The zero-order chi connectivity index (χ0) is 6.53. The van der Waals surface area contributed by atoms with Crippen molar-refractivity contribution in [3.05, 3.63) is 12.2 Å². The van der Waals surface area contributed by atoms with Crippen LogP contribution in [0, 0.1) is 0 Å². The van der Waals surface area contributed by atoms with Crippen molar-refractivity contribution in [2.75, 3.05) is 19.8 Å². The van der Waals surface area contributed by atoms with E-state index in [1.54, 1.807) is 0 Å². The van der Waals surface area contributed by atoms with Crippen molar-refractivity contribution in [3.8, 4) is 0 Å². The Kier molecular flexibility index (Phi) is 2.74. The summed E-state index contributed by atoms with van der Waals surface area (Å²) in [6.45, 7) is 4.68. The van der Waals surface area contributed by atoms with Crippen LogP contribution in [0.4, 0.5) is 0 Å². The second-order valence-corrected chi connectivity index (χ2v) is 2.16. The summed E-state index contributed by atoms with van der Waals surface area (Å²) in [5.41, 5.74) is 0. The topological polar surface area (TPSA) is 21.3 Å². The highest BCUT2D eigenvalue weighted by atomic mass is 16.5. The van der Waals surface area contributed by atoms with Crippen LogP contribution < -0.4 is 5.32 Å². The Bertz CT molecular complexity index is 95.1. The van der Waals surface area contributed by atoms with E-state index in [1.807, 2.05) is 13.0 Å². The normalized spacial score (nSPS) is 29.2. The first-order valence-electron chi connectivity index (χ1n) is 3.37. The molecule has 2 nitrogen and oxygen atoms in total. The Balaban J connectivity index is 2.23. The molecule has 0 aliphatic carbocycles. The van der Waals surface area contributed by atoms with Crippen molar-refractivity contribution in [1.82, 2.24) is 5.32 Å². The van der Waals surface area contributed by atoms with Gasteiger partial charge in [0.1, 0.15) is 0 Å². The molecule has 1 aliphatic rings. The van der Waals surface area contributed by atoms with Crippen LogP contribution in [0.15, 0.2) is 12.2 Å². The maximum absolute atomic E-state index is 5.22. The summed E-state index contributed by atoms with van der Waals surface area (Å²) in [6.07, 6.45) is 4.17. The number of allylic oxidation sites excluding steroid dienone is 1. The van der Waals surface area contributed by atoms with Gasteiger partial charge in [-0.15, -0.1) is 0 Å². The smallest absolute Gasteiger partial charge is 0.0656 e. The summed E-state index contributed by atoms with van der Waals surface area (Å²) in [5.74, 6) is 0. The second-order valence-electron chi connectivity index (χ2n) is 2.16. The molecule has 0 spiro atoms. The Morgan fingerprint density at radius 1 is 1.67 bits per heavy atom. The van der Waals surface area contributed by atoms with E-state index in [0.717, 1.165) is 19.8 Å². The van der Waals surface area contributed by atoms with E-state index in [-0.39, 0.29) is 0 Å². The van der Waals surface area contributed by atoms with Gasteiger partial charge in [0.25, 0.3) is 0 Å². The minimum absolute atomic E-state index is 0.448. The van der Waals surface area contributed by atoms with E-state index in [1.165, 1.54) is 0 Å². The Hall–Kier alpha value is -0.340. The van der Waals surface area contributed by atoms with E-state index in [9.17, 15) is 0 Å². The van der Waals surface area contributed by atoms with Crippen LogP contribution in [0.2, 0.25) is 0 Å². The van der Waals surface area contributed by atoms with Gasteiger partial charge >= 0.3 is 0 Å². The van der Waals surface area contributed by atoms with Gasteiger partial charge in [0, 0.05) is 12.6 Å². The lowest BCUT2D eigenvalue weighted by atomic mass is 10.2. The van der Waals surface area contributed by atoms with Crippen LogP contribution >= 0.6 is 0 Å². The van der Waals surface area contributed by atoms with Gasteiger partial charge in [-0.1, -0.05) is 12.2 Å². The first-order valence-corrected chi connectivity index (χ1v) is 3.37. The number of nitrogens with one attached hydrogen (secondary N) is 1. The molecule has 1 aliphatic heterocycles. The molecule has 0 aromatic heterocycles. The molecular weight excluding hydrogens is 114 g/mol. The van der Waals surface area contributed by atoms with Crippen molar-refractivity contribution in [1.29, 1.82) is 0 Å². The Morgan fingerprint density at radius 2 is 2.56 bits per heavy atom. The fourth-order valence-corrected chi connectivity index (χ4v) is 0.942. The lowest BCUT2D eigenvalue weighted by molar-refractivity contribution is 0.0901. The highest BCUT2D eigenvalue weighted by molar-refractivity contribution is 4.92. The Morgan fingerprint density at radius 3 is 3.11 bits per heavy atom. The maximum atomic E-state index is 5.22. The molecule has 1 saturated heterocycles. The predicted octanol–water partition coefficient (Wildman–Crippen LogP) is 0.551. The molecule has 2 heteroatoms. The highest BCUT2D eigenvalue weighted by Crippen LogP contribution is 1.93. The summed E-state index contributed by atoms with van der Waals surface area (Å²) in [6, 6.07) is 0.448. The third kappa shape index (κ3) is 2.16. The van der Waals surface area contributed by atoms with Crippen LogP contribution in [0.25, 0.3) is 0 Å². The van der Waals surface area contributed by atoms with Crippen molar-refractivity contribution >= 4 is 0 Å². The molecule has 9 heavy (non-hydrogen) atoms. The predicted molar refractivity (Wildman–Crippen MR) is 37.4 cm³/mol. The van der Waals surface area contributed by atoms with Gasteiger partial charge in [-0.2, -0.15) is 0 Å². The largest absolute Gasteiger partial charge is 0.378 e. The Labute approximate surface area is 55.9 Å². The standard InChI is InChI=1S/C7H13NO/c1-2-3-7-6-9-5-4-8-7/h2-3,7-8H,4-6H2,1H3/b3-2+/t7-/m0/s1. The molecular formula is C7H13NO. The summed E-state index contributed by atoms with van der Waals surface area (Å²) >= 11 is 0. The number of hydrogen-bond donors (Lipinski definition) is 1. The first kappa shape index (κ1) is 6.78. The molecule has 1 fully saturated rings. The van der Waals surface area contributed by atoms with Gasteiger partial charge in [-0.3, -0.25) is 0 Å². The van der Waals surface area contributed by atoms with Gasteiger partial charge in [0.05, 0.1) is 13.2 Å². The fraction of sp³-hybridized carbons (Fsp3) is 0.714. The summed E-state index contributed by atoms with van der Waals surface area (Å²) in [4.78, 5) is 0. The minimum atomic E-state index is 0.448. The number of morpholine rings is 1. The summed E-state index contributed by atoms with van der Waals surface area (Å²) < 4.78 is 5.22. The molecule has 1 atom stereocenters. The molecule has 1 heterocycles. The molecule has 0 aromatic carbocycles. The van der Waals surface area contributed by atoms with Gasteiger partial charge in [-0.25, -0.2) is 0 Å². The molecule has 0 amide bonds. The van der Waals surface area contributed by atoms with Crippen molar-refractivity contribution in [3.63, 3.8) is 0 Å². The zero-order valence-electron chi connectivity index (χ0n) is 5.76. The van der Waals surface area contributed by atoms with Crippen molar-refractivity contribution in [2.24, 2.45) is 0 Å². The third-order valence-corrected chi connectivity index (χ3v) is 1.38. The average Bonchev–Trinajstić information content (AvgIpc) is 1.91. The molecule has 0 aromatic rings. The number of hydrogen-bond acceptors (Lipinski definition) is 2. The highest BCUT2D eigenvalue weighted by Gasteiger charge is 2.07. The second kappa shape index (κ2) is 3.64. The average molecular weight is 127 g/mol. The van der Waals surface area contributed by atoms with Crippen LogP contribution in [0.1, 0.15) is 6.92 Å². The third-order valence-electron chi connectivity index (χ3n) is 1.38.